The van der Waals surface area contributed by atoms with Crippen LogP contribution in [0.5, 0.6) is 0 Å². The van der Waals surface area contributed by atoms with Crippen LogP contribution in [0.25, 0.3) is 10.9 Å². The molecule has 2 aromatic carbocycles. The van der Waals surface area contributed by atoms with Crippen molar-refractivity contribution in [2.45, 2.75) is 25.2 Å². The zero-order valence-corrected chi connectivity index (χ0v) is 16.9. The molecule has 6 heteroatoms. The standard InChI is InChI=1S/C22H23N3O2S/c1-4-13-25-21(27)18-11-7-8-12-19(18)23-22(25)28-15-20(26)24(3)14-17-10-6-5-9-16(17)2/h4-12H,1,13-15H2,2-3H3. The molecule has 0 spiro atoms. The highest BCUT2D eigenvalue weighted by atomic mass is 32.2. The van der Waals surface area contributed by atoms with Gasteiger partial charge in [0.05, 0.1) is 16.7 Å². The lowest BCUT2D eigenvalue weighted by atomic mass is 10.1. The van der Waals surface area contributed by atoms with Gasteiger partial charge in [-0.3, -0.25) is 14.2 Å². The van der Waals surface area contributed by atoms with E-state index in [4.69, 9.17) is 0 Å². The summed E-state index contributed by atoms with van der Waals surface area (Å²) in [5, 5.41) is 1.10. The summed E-state index contributed by atoms with van der Waals surface area (Å²) in [5.41, 5.74) is 2.80. The van der Waals surface area contributed by atoms with Crippen molar-refractivity contribution in [2.75, 3.05) is 12.8 Å². The third kappa shape index (κ3) is 4.34. The van der Waals surface area contributed by atoms with E-state index in [-0.39, 0.29) is 17.2 Å². The van der Waals surface area contributed by atoms with Crippen molar-refractivity contribution in [3.63, 3.8) is 0 Å². The topological polar surface area (TPSA) is 55.2 Å². The average molecular weight is 394 g/mol. The van der Waals surface area contributed by atoms with Gasteiger partial charge in [0.2, 0.25) is 5.91 Å². The van der Waals surface area contributed by atoms with E-state index in [0.29, 0.717) is 29.1 Å². The van der Waals surface area contributed by atoms with Crippen molar-refractivity contribution in [1.82, 2.24) is 14.5 Å². The SMILES string of the molecule is C=CCn1c(SCC(=O)N(C)Cc2ccccc2C)nc2ccccc2c1=O. The largest absolute Gasteiger partial charge is 0.341 e. The lowest BCUT2D eigenvalue weighted by molar-refractivity contribution is -0.127. The molecule has 1 amide bonds. The fraction of sp³-hybridized carbons (Fsp3) is 0.227. The van der Waals surface area contributed by atoms with E-state index in [1.165, 1.54) is 11.8 Å². The Morgan fingerprint density at radius 2 is 1.93 bits per heavy atom. The zero-order chi connectivity index (χ0) is 20.1. The number of hydrogen-bond donors (Lipinski definition) is 0. The van der Waals surface area contributed by atoms with Crippen LogP contribution >= 0.6 is 11.8 Å². The number of hydrogen-bond acceptors (Lipinski definition) is 4. The van der Waals surface area contributed by atoms with E-state index in [9.17, 15) is 9.59 Å². The molecular weight excluding hydrogens is 370 g/mol. The summed E-state index contributed by atoms with van der Waals surface area (Å²) in [6.07, 6.45) is 1.66. The summed E-state index contributed by atoms with van der Waals surface area (Å²) in [6.45, 7) is 6.67. The van der Waals surface area contributed by atoms with E-state index >= 15 is 0 Å². The number of aromatic nitrogens is 2. The molecule has 3 rings (SSSR count). The Morgan fingerprint density at radius 3 is 2.68 bits per heavy atom. The first-order valence-corrected chi connectivity index (χ1v) is 10.0. The highest BCUT2D eigenvalue weighted by molar-refractivity contribution is 7.99. The molecule has 0 atom stereocenters. The number of para-hydroxylation sites is 1. The first kappa shape index (κ1) is 19.9. The Kier molecular flexibility index (Phi) is 6.31. The van der Waals surface area contributed by atoms with Gasteiger partial charge in [0.1, 0.15) is 0 Å². The molecule has 0 saturated heterocycles. The second kappa shape index (κ2) is 8.89. The van der Waals surface area contributed by atoms with Crippen molar-refractivity contribution in [3.05, 3.63) is 82.7 Å². The number of rotatable bonds is 7. The molecule has 0 bridgehead atoms. The van der Waals surface area contributed by atoms with Crippen LogP contribution in [-0.4, -0.2) is 33.2 Å². The molecule has 1 heterocycles. The maximum atomic E-state index is 12.8. The number of fused-ring (bicyclic) bond motifs is 1. The predicted octanol–water partition coefficient (Wildman–Crippen LogP) is 3.64. The van der Waals surface area contributed by atoms with E-state index in [0.717, 1.165) is 11.1 Å². The Hall–Kier alpha value is -2.86. The van der Waals surface area contributed by atoms with Crippen LogP contribution in [0.3, 0.4) is 0 Å². The molecule has 0 saturated carbocycles. The number of carbonyl (C=O) groups is 1. The Labute approximate surface area is 168 Å². The van der Waals surface area contributed by atoms with E-state index < -0.39 is 0 Å². The molecule has 0 N–H and O–H groups in total. The van der Waals surface area contributed by atoms with Gasteiger partial charge in [-0.25, -0.2) is 4.98 Å². The van der Waals surface area contributed by atoms with Crippen molar-refractivity contribution >= 4 is 28.6 Å². The van der Waals surface area contributed by atoms with Crippen LogP contribution in [0.2, 0.25) is 0 Å². The third-order valence-electron chi connectivity index (χ3n) is 4.56. The van der Waals surface area contributed by atoms with Gasteiger partial charge in [-0.05, 0) is 30.2 Å². The fourth-order valence-electron chi connectivity index (χ4n) is 2.92. The monoisotopic (exact) mass is 393 g/mol. The van der Waals surface area contributed by atoms with Crippen LogP contribution in [-0.2, 0) is 17.9 Å². The number of nitrogens with zero attached hydrogens (tertiary/aromatic N) is 3. The lowest BCUT2D eigenvalue weighted by Gasteiger charge is -2.19. The van der Waals surface area contributed by atoms with Crippen molar-refractivity contribution < 1.29 is 4.79 Å². The minimum absolute atomic E-state index is 0.0131. The van der Waals surface area contributed by atoms with Crippen molar-refractivity contribution in [1.29, 1.82) is 0 Å². The van der Waals surface area contributed by atoms with Crippen molar-refractivity contribution in [2.24, 2.45) is 0 Å². The van der Waals surface area contributed by atoms with E-state index in [1.807, 2.05) is 49.4 Å². The number of aryl methyl sites for hydroxylation is 1. The molecule has 28 heavy (non-hydrogen) atoms. The Balaban J connectivity index is 1.78. The Morgan fingerprint density at radius 1 is 1.21 bits per heavy atom. The van der Waals surface area contributed by atoms with Gasteiger partial charge >= 0.3 is 0 Å². The lowest BCUT2D eigenvalue weighted by Crippen LogP contribution is -2.29. The normalized spacial score (nSPS) is 10.8. The van der Waals surface area contributed by atoms with E-state index in [1.54, 1.807) is 28.7 Å². The molecule has 144 valence electrons. The summed E-state index contributed by atoms with van der Waals surface area (Å²) in [6, 6.07) is 15.3. The summed E-state index contributed by atoms with van der Waals surface area (Å²) >= 11 is 1.28. The van der Waals surface area contributed by atoms with Crippen LogP contribution in [0.15, 0.2) is 71.1 Å². The average Bonchev–Trinajstić information content (AvgIpc) is 2.70. The summed E-state index contributed by atoms with van der Waals surface area (Å²) in [5.74, 6) is 0.199. The maximum absolute atomic E-state index is 12.8. The van der Waals surface area contributed by atoms with Crippen LogP contribution < -0.4 is 5.56 Å². The van der Waals surface area contributed by atoms with Gasteiger partial charge in [0.25, 0.3) is 5.56 Å². The molecule has 0 unspecified atom stereocenters. The molecule has 0 aliphatic rings. The highest BCUT2D eigenvalue weighted by Gasteiger charge is 2.15. The van der Waals surface area contributed by atoms with Crippen LogP contribution in [0.1, 0.15) is 11.1 Å². The minimum Gasteiger partial charge on any atom is -0.341 e. The first-order valence-electron chi connectivity index (χ1n) is 9.03. The fourth-order valence-corrected chi connectivity index (χ4v) is 3.86. The smallest absolute Gasteiger partial charge is 0.262 e. The molecule has 0 aliphatic heterocycles. The first-order chi connectivity index (χ1) is 13.5. The molecule has 0 aliphatic carbocycles. The molecule has 0 fully saturated rings. The number of benzene rings is 2. The molecule has 0 radical (unpaired) electrons. The second-order valence-corrected chi connectivity index (χ2v) is 7.52. The molecular formula is C22H23N3O2S. The molecule has 3 aromatic rings. The number of amides is 1. The third-order valence-corrected chi connectivity index (χ3v) is 5.52. The number of allylic oxidation sites excluding steroid dienone is 1. The quantitative estimate of drug-likeness (QED) is 0.349. The van der Waals surface area contributed by atoms with Gasteiger partial charge in [0.15, 0.2) is 5.16 Å². The second-order valence-electron chi connectivity index (χ2n) is 6.58. The Bertz CT molecular complexity index is 1070. The van der Waals surface area contributed by atoms with Gasteiger partial charge in [0, 0.05) is 20.1 Å². The summed E-state index contributed by atoms with van der Waals surface area (Å²) in [7, 11) is 1.79. The maximum Gasteiger partial charge on any atom is 0.262 e. The predicted molar refractivity (Wildman–Crippen MR) is 115 cm³/mol. The summed E-state index contributed by atoms with van der Waals surface area (Å²) in [4.78, 5) is 31.7. The summed E-state index contributed by atoms with van der Waals surface area (Å²) < 4.78 is 1.56. The molecule has 5 nitrogen and oxygen atoms in total. The highest BCUT2D eigenvalue weighted by Crippen LogP contribution is 2.19. The minimum atomic E-state index is -0.117. The van der Waals surface area contributed by atoms with Crippen LogP contribution in [0, 0.1) is 6.92 Å². The van der Waals surface area contributed by atoms with Gasteiger partial charge < -0.3 is 4.90 Å². The van der Waals surface area contributed by atoms with Gasteiger partial charge in [-0.2, -0.15) is 0 Å². The number of thioether (sulfide) groups is 1. The molecule has 1 aromatic heterocycles. The zero-order valence-electron chi connectivity index (χ0n) is 16.1. The van der Waals surface area contributed by atoms with Crippen molar-refractivity contribution in [3.8, 4) is 0 Å². The van der Waals surface area contributed by atoms with E-state index in [2.05, 4.69) is 11.6 Å². The van der Waals surface area contributed by atoms with Crippen LogP contribution in [0.4, 0.5) is 0 Å². The van der Waals surface area contributed by atoms with Gasteiger partial charge in [-0.15, -0.1) is 6.58 Å². The van der Waals surface area contributed by atoms with Gasteiger partial charge in [-0.1, -0.05) is 54.2 Å². The number of carbonyl (C=O) groups excluding carboxylic acids is 1.